The summed E-state index contributed by atoms with van der Waals surface area (Å²) in [5, 5.41) is 26.4. The molecule has 21 heavy (non-hydrogen) atoms. The maximum atomic E-state index is 10.9. The van der Waals surface area contributed by atoms with Gasteiger partial charge in [-0.05, 0) is 25.0 Å². The fraction of sp³-hybridized carbons (Fsp3) is 0.357. The summed E-state index contributed by atoms with van der Waals surface area (Å²) < 4.78 is 0.845. The smallest absolute Gasteiger partial charge is 0.407 e. The fourth-order valence-corrected chi connectivity index (χ4v) is 3.31. The molecule has 2 heterocycles. The van der Waals surface area contributed by atoms with Crippen LogP contribution in [-0.4, -0.2) is 39.4 Å². The van der Waals surface area contributed by atoms with Gasteiger partial charge in [-0.3, -0.25) is 5.10 Å². The van der Waals surface area contributed by atoms with Crippen molar-refractivity contribution in [1.82, 2.24) is 15.1 Å². The molecule has 1 aliphatic heterocycles. The fourth-order valence-electron chi connectivity index (χ4n) is 2.85. The number of benzene rings is 1. The minimum atomic E-state index is -0.866. The summed E-state index contributed by atoms with van der Waals surface area (Å²) in [6.07, 6.45) is 0.635. The molecule has 1 aromatic carbocycles. The van der Waals surface area contributed by atoms with Crippen molar-refractivity contribution in [2.24, 2.45) is 0 Å². The second-order valence-electron chi connectivity index (χ2n) is 5.14. The number of carbonyl (C=O) groups is 1. The molecule has 1 aliphatic rings. The predicted octanol–water partition coefficient (Wildman–Crippen LogP) is 3.05. The molecule has 0 aliphatic carbocycles. The molecule has 0 unspecified atom stereocenters. The summed E-state index contributed by atoms with van der Waals surface area (Å²) in [4.78, 5) is 12.4. The molecule has 0 radical (unpaired) electrons. The SMILES string of the molecule is N#Cc1cc(Br)cc2c(C3CCN(C(=O)O)CC3)n[nH]c12. The van der Waals surface area contributed by atoms with E-state index in [9.17, 15) is 10.1 Å². The zero-order valence-corrected chi connectivity index (χ0v) is 12.7. The van der Waals surface area contributed by atoms with Gasteiger partial charge >= 0.3 is 6.09 Å². The third-order valence-corrected chi connectivity index (χ3v) is 4.40. The number of rotatable bonds is 1. The number of fused-ring (bicyclic) bond motifs is 1. The number of likely N-dealkylation sites (tertiary alicyclic amines) is 1. The van der Waals surface area contributed by atoms with E-state index in [1.165, 1.54) is 4.90 Å². The Kier molecular flexibility index (Phi) is 3.55. The minimum Gasteiger partial charge on any atom is -0.465 e. The van der Waals surface area contributed by atoms with Crippen LogP contribution in [-0.2, 0) is 0 Å². The van der Waals surface area contributed by atoms with Crippen LogP contribution in [0.2, 0.25) is 0 Å². The number of hydrogen-bond acceptors (Lipinski definition) is 3. The number of nitrogens with one attached hydrogen (secondary N) is 1. The second kappa shape index (κ2) is 5.37. The lowest BCUT2D eigenvalue weighted by molar-refractivity contribution is 0.132. The van der Waals surface area contributed by atoms with Gasteiger partial charge in [0.2, 0.25) is 0 Å². The first-order valence-corrected chi connectivity index (χ1v) is 7.45. The van der Waals surface area contributed by atoms with Crippen LogP contribution in [0.25, 0.3) is 10.9 Å². The first kappa shape index (κ1) is 13.9. The third kappa shape index (κ3) is 2.47. The molecule has 1 fully saturated rings. The molecule has 6 nitrogen and oxygen atoms in total. The van der Waals surface area contributed by atoms with E-state index in [0.717, 1.165) is 33.9 Å². The van der Waals surface area contributed by atoms with E-state index < -0.39 is 6.09 Å². The lowest BCUT2D eigenvalue weighted by atomic mass is 9.91. The van der Waals surface area contributed by atoms with Crippen LogP contribution >= 0.6 is 15.9 Å². The van der Waals surface area contributed by atoms with E-state index in [0.29, 0.717) is 18.7 Å². The Labute approximate surface area is 129 Å². The molecular weight excluding hydrogens is 336 g/mol. The lowest BCUT2D eigenvalue weighted by Crippen LogP contribution is -2.36. The summed E-state index contributed by atoms with van der Waals surface area (Å²) in [6.45, 7) is 1.04. The van der Waals surface area contributed by atoms with Gasteiger partial charge in [-0.2, -0.15) is 10.4 Å². The van der Waals surface area contributed by atoms with Gasteiger partial charge in [0.25, 0.3) is 0 Å². The Morgan fingerprint density at radius 2 is 2.19 bits per heavy atom. The van der Waals surface area contributed by atoms with Gasteiger partial charge in [0.15, 0.2) is 0 Å². The number of aromatic amines is 1. The van der Waals surface area contributed by atoms with Crippen molar-refractivity contribution in [2.45, 2.75) is 18.8 Å². The molecule has 2 aromatic rings. The number of nitrogens with zero attached hydrogens (tertiary/aromatic N) is 3. The topological polar surface area (TPSA) is 93.0 Å². The zero-order chi connectivity index (χ0) is 15.0. The minimum absolute atomic E-state index is 0.218. The summed E-state index contributed by atoms with van der Waals surface area (Å²) in [6, 6.07) is 5.88. The maximum Gasteiger partial charge on any atom is 0.407 e. The molecule has 3 rings (SSSR count). The number of hydrogen-bond donors (Lipinski definition) is 2. The van der Waals surface area contributed by atoms with Crippen LogP contribution in [0.15, 0.2) is 16.6 Å². The summed E-state index contributed by atoms with van der Waals surface area (Å²) in [5.74, 6) is 0.218. The second-order valence-corrected chi connectivity index (χ2v) is 6.06. The van der Waals surface area contributed by atoms with Crippen LogP contribution in [0.3, 0.4) is 0 Å². The average Bonchev–Trinajstić information content (AvgIpc) is 2.90. The van der Waals surface area contributed by atoms with Crippen molar-refractivity contribution >= 4 is 32.9 Å². The van der Waals surface area contributed by atoms with Crippen molar-refractivity contribution in [3.8, 4) is 6.07 Å². The van der Waals surface area contributed by atoms with Gasteiger partial charge in [0, 0.05) is 28.9 Å². The summed E-state index contributed by atoms with van der Waals surface area (Å²) in [7, 11) is 0. The highest BCUT2D eigenvalue weighted by molar-refractivity contribution is 9.10. The zero-order valence-electron chi connectivity index (χ0n) is 11.1. The maximum absolute atomic E-state index is 10.9. The molecule has 7 heteroatoms. The Morgan fingerprint density at radius 1 is 1.48 bits per heavy atom. The Balaban J connectivity index is 1.94. The van der Waals surface area contributed by atoms with Gasteiger partial charge in [-0.15, -0.1) is 0 Å². The van der Waals surface area contributed by atoms with Crippen molar-refractivity contribution in [3.05, 3.63) is 27.9 Å². The Hall–Kier alpha value is -2.07. The molecule has 0 bridgehead atoms. The van der Waals surface area contributed by atoms with E-state index in [4.69, 9.17) is 5.11 Å². The number of halogens is 1. The van der Waals surface area contributed by atoms with Gasteiger partial charge < -0.3 is 10.0 Å². The highest BCUT2D eigenvalue weighted by Crippen LogP contribution is 2.34. The standard InChI is InChI=1S/C14H13BrN4O2/c15-10-5-9(7-16)13-11(6-10)12(17-18-13)8-1-3-19(4-2-8)14(20)21/h5-6,8H,1-4H2,(H,17,18)(H,20,21). The first-order valence-electron chi connectivity index (χ1n) is 6.65. The molecule has 0 spiro atoms. The van der Waals surface area contributed by atoms with E-state index in [1.807, 2.05) is 6.07 Å². The van der Waals surface area contributed by atoms with Crippen LogP contribution in [0.1, 0.15) is 30.0 Å². The summed E-state index contributed by atoms with van der Waals surface area (Å²) >= 11 is 3.42. The molecule has 108 valence electrons. The molecule has 2 N–H and O–H groups in total. The number of piperidine rings is 1. The Bertz CT molecular complexity index is 741. The van der Waals surface area contributed by atoms with Crippen LogP contribution in [0, 0.1) is 11.3 Å². The average molecular weight is 349 g/mol. The van der Waals surface area contributed by atoms with Crippen LogP contribution in [0.4, 0.5) is 4.79 Å². The number of amides is 1. The number of nitriles is 1. The van der Waals surface area contributed by atoms with Crippen LogP contribution < -0.4 is 0 Å². The number of H-pyrrole nitrogens is 1. The lowest BCUT2D eigenvalue weighted by Gasteiger charge is -2.29. The largest absolute Gasteiger partial charge is 0.465 e. The van der Waals surface area contributed by atoms with Gasteiger partial charge in [-0.1, -0.05) is 15.9 Å². The van der Waals surface area contributed by atoms with Gasteiger partial charge in [-0.25, -0.2) is 4.79 Å². The van der Waals surface area contributed by atoms with Crippen molar-refractivity contribution < 1.29 is 9.90 Å². The van der Waals surface area contributed by atoms with Crippen molar-refractivity contribution in [3.63, 3.8) is 0 Å². The van der Waals surface area contributed by atoms with Crippen LogP contribution in [0.5, 0.6) is 0 Å². The highest BCUT2D eigenvalue weighted by atomic mass is 79.9. The van der Waals surface area contributed by atoms with Gasteiger partial charge in [0.1, 0.15) is 6.07 Å². The van der Waals surface area contributed by atoms with Gasteiger partial charge in [0.05, 0.1) is 16.8 Å². The first-order chi connectivity index (χ1) is 10.1. The monoisotopic (exact) mass is 348 g/mol. The van der Waals surface area contributed by atoms with E-state index in [-0.39, 0.29) is 5.92 Å². The molecule has 0 atom stereocenters. The van der Waals surface area contributed by atoms with Crippen molar-refractivity contribution in [1.29, 1.82) is 5.26 Å². The normalized spacial score (nSPS) is 16.1. The van der Waals surface area contributed by atoms with E-state index in [1.54, 1.807) is 6.07 Å². The number of aromatic nitrogens is 2. The quantitative estimate of drug-likeness (QED) is 0.828. The molecule has 0 saturated carbocycles. The molecular formula is C14H13BrN4O2. The predicted molar refractivity (Wildman–Crippen MR) is 80.1 cm³/mol. The van der Waals surface area contributed by atoms with Crippen molar-refractivity contribution in [2.75, 3.05) is 13.1 Å². The number of carboxylic acid groups (broad SMARTS) is 1. The Morgan fingerprint density at radius 3 is 2.81 bits per heavy atom. The third-order valence-electron chi connectivity index (χ3n) is 3.94. The molecule has 1 amide bonds. The molecule has 1 saturated heterocycles. The highest BCUT2D eigenvalue weighted by Gasteiger charge is 2.26. The molecule has 1 aromatic heterocycles. The summed E-state index contributed by atoms with van der Waals surface area (Å²) in [5.41, 5.74) is 2.23. The van der Waals surface area contributed by atoms with E-state index >= 15 is 0 Å². The van der Waals surface area contributed by atoms with E-state index in [2.05, 4.69) is 32.2 Å².